The zero-order chi connectivity index (χ0) is 29.6. The molecule has 13 heteroatoms. The lowest BCUT2D eigenvalue weighted by atomic mass is 9.95. The zero-order valence-electron chi connectivity index (χ0n) is 23.1. The molecular formula is C28H33F2N7O4. The molecule has 2 aromatic carbocycles. The number of aromatic nitrogens is 4. The molecule has 0 saturated carbocycles. The maximum atomic E-state index is 14.3. The van der Waals surface area contributed by atoms with E-state index in [9.17, 15) is 18.7 Å². The van der Waals surface area contributed by atoms with Crippen molar-refractivity contribution in [1.82, 2.24) is 25.5 Å². The van der Waals surface area contributed by atoms with Crippen LogP contribution in [0.25, 0.3) is 10.9 Å². The Bertz CT molecular complexity index is 1490. The van der Waals surface area contributed by atoms with Crippen LogP contribution >= 0.6 is 0 Å². The Morgan fingerprint density at radius 1 is 1.12 bits per heavy atom. The van der Waals surface area contributed by atoms with Gasteiger partial charge in [0.25, 0.3) is 0 Å². The Morgan fingerprint density at radius 3 is 2.56 bits per heavy atom. The molecule has 0 atom stereocenters. The lowest BCUT2D eigenvalue weighted by Gasteiger charge is -2.23. The van der Waals surface area contributed by atoms with Crippen molar-refractivity contribution in [2.45, 2.75) is 26.7 Å². The number of aliphatic hydroxyl groups is 1. The molecule has 0 aliphatic heterocycles. The molecule has 0 saturated heterocycles. The fourth-order valence-corrected chi connectivity index (χ4v) is 4.14. The number of H-pyrrole nitrogens is 1. The van der Waals surface area contributed by atoms with Gasteiger partial charge in [-0.25, -0.2) is 18.7 Å². The average molecular weight is 570 g/mol. The van der Waals surface area contributed by atoms with Crippen LogP contribution in [0, 0.1) is 17.0 Å². The van der Waals surface area contributed by atoms with Crippen molar-refractivity contribution in [1.29, 1.82) is 0 Å². The van der Waals surface area contributed by atoms with Gasteiger partial charge in [0.05, 0.1) is 31.3 Å². The molecule has 4 rings (SSSR count). The number of carbonyl (C=O) groups excluding carboxylic acids is 1. The van der Waals surface area contributed by atoms with Crippen LogP contribution < -0.4 is 25.4 Å². The predicted molar refractivity (Wildman–Crippen MR) is 150 cm³/mol. The smallest absolute Gasteiger partial charge is 0.223 e. The SMILES string of the molecule is COc1cc2c(N(c3cc(F)cc(F)c3)c3cc(CC(N)=O)[nH]n3)ncnc2cc1OCCCNCC(C)(C)CO. The molecule has 1 amide bonds. The van der Waals surface area contributed by atoms with Crippen molar-refractivity contribution >= 4 is 34.1 Å². The average Bonchev–Trinajstić information content (AvgIpc) is 3.37. The van der Waals surface area contributed by atoms with Crippen molar-refractivity contribution in [2.75, 3.05) is 38.3 Å². The first-order chi connectivity index (χ1) is 19.6. The molecule has 218 valence electrons. The van der Waals surface area contributed by atoms with Crippen molar-refractivity contribution in [3.05, 3.63) is 60.1 Å². The topological polar surface area (TPSA) is 152 Å². The summed E-state index contributed by atoms with van der Waals surface area (Å²) < 4.78 is 40.2. The molecule has 0 radical (unpaired) electrons. The van der Waals surface area contributed by atoms with Gasteiger partial charge >= 0.3 is 0 Å². The Hall–Kier alpha value is -4.36. The Kier molecular flexibility index (Phi) is 9.30. The molecule has 5 N–H and O–H groups in total. The number of aromatic amines is 1. The van der Waals surface area contributed by atoms with Crippen LogP contribution in [0.3, 0.4) is 0 Å². The second-order valence-electron chi connectivity index (χ2n) is 10.3. The highest BCUT2D eigenvalue weighted by molar-refractivity contribution is 5.96. The number of methoxy groups -OCH3 is 1. The molecule has 0 spiro atoms. The highest BCUT2D eigenvalue weighted by atomic mass is 19.1. The molecule has 0 aliphatic carbocycles. The molecule has 0 bridgehead atoms. The van der Waals surface area contributed by atoms with Crippen LogP contribution in [0.2, 0.25) is 0 Å². The fraction of sp³-hybridized carbons (Fsp3) is 0.357. The maximum Gasteiger partial charge on any atom is 0.223 e. The summed E-state index contributed by atoms with van der Waals surface area (Å²) in [4.78, 5) is 21.7. The fourth-order valence-electron chi connectivity index (χ4n) is 4.14. The second-order valence-corrected chi connectivity index (χ2v) is 10.3. The van der Waals surface area contributed by atoms with Gasteiger partial charge in [-0.3, -0.25) is 14.8 Å². The number of ether oxygens (including phenoxy) is 2. The number of hydrogen-bond donors (Lipinski definition) is 4. The zero-order valence-corrected chi connectivity index (χ0v) is 23.1. The number of nitrogens with two attached hydrogens (primary N) is 1. The van der Waals surface area contributed by atoms with Crippen molar-refractivity contribution in [2.24, 2.45) is 11.1 Å². The number of hydrogen-bond acceptors (Lipinski definition) is 9. The minimum Gasteiger partial charge on any atom is -0.493 e. The lowest BCUT2D eigenvalue weighted by molar-refractivity contribution is -0.117. The summed E-state index contributed by atoms with van der Waals surface area (Å²) in [6.07, 6.45) is 1.93. The minimum atomic E-state index is -0.793. The first-order valence-electron chi connectivity index (χ1n) is 13.0. The molecule has 0 aliphatic rings. The molecule has 2 aromatic heterocycles. The monoisotopic (exact) mass is 569 g/mol. The van der Waals surface area contributed by atoms with E-state index in [1.165, 1.54) is 18.3 Å². The van der Waals surface area contributed by atoms with E-state index in [4.69, 9.17) is 15.2 Å². The van der Waals surface area contributed by atoms with Crippen molar-refractivity contribution < 1.29 is 28.2 Å². The summed E-state index contributed by atoms with van der Waals surface area (Å²) in [6, 6.07) is 7.98. The largest absolute Gasteiger partial charge is 0.493 e. The Labute approximate surface area is 235 Å². The van der Waals surface area contributed by atoms with E-state index in [1.807, 2.05) is 13.8 Å². The summed E-state index contributed by atoms with van der Waals surface area (Å²) in [6.45, 7) is 5.82. The van der Waals surface area contributed by atoms with Crippen LogP contribution in [0.15, 0.2) is 42.7 Å². The van der Waals surface area contributed by atoms with Gasteiger partial charge in [0.2, 0.25) is 5.91 Å². The highest BCUT2D eigenvalue weighted by Crippen LogP contribution is 2.40. The van der Waals surface area contributed by atoms with E-state index >= 15 is 0 Å². The first kappa shape index (κ1) is 29.6. The van der Waals surface area contributed by atoms with Gasteiger partial charge < -0.3 is 25.6 Å². The van der Waals surface area contributed by atoms with Gasteiger partial charge in [0, 0.05) is 47.8 Å². The number of amides is 1. The van der Waals surface area contributed by atoms with Crippen LogP contribution in [0.4, 0.5) is 26.1 Å². The lowest BCUT2D eigenvalue weighted by Crippen LogP contribution is -2.33. The summed E-state index contributed by atoms with van der Waals surface area (Å²) in [7, 11) is 1.50. The Balaban J connectivity index is 1.66. The van der Waals surface area contributed by atoms with Gasteiger partial charge in [-0.1, -0.05) is 13.8 Å². The van der Waals surface area contributed by atoms with Gasteiger partial charge in [0.15, 0.2) is 17.3 Å². The number of halogens is 2. The van der Waals surface area contributed by atoms with E-state index < -0.39 is 17.5 Å². The van der Waals surface area contributed by atoms with E-state index in [2.05, 4.69) is 25.5 Å². The predicted octanol–water partition coefficient (Wildman–Crippen LogP) is 3.51. The number of primary amides is 1. The normalized spacial score (nSPS) is 11.6. The standard InChI is InChI=1S/C28H33F2N7O4/c1-28(2,15-38)14-32-5-4-6-41-24-13-22-21(12-23(24)40-3)27(34-16-33-22)37(20-8-17(29)7-18(30)9-20)26-11-19(35-36-26)10-25(31)39/h7-9,11-13,16,32,38H,4-6,10,14-15H2,1-3H3,(H2,31,39)(H,35,36). The number of rotatable bonds is 14. The van der Waals surface area contributed by atoms with E-state index in [-0.39, 0.29) is 35.8 Å². The molecule has 4 aromatic rings. The first-order valence-corrected chi connectivity index (χ1v) is 13.0. The summed E-state index contributed by atoms with van der Waals surface area (Å²) in [5.74, 6) is -0.798. The number of carbonyl (C=O) groups is 1. The van der Waals surface area contributed by atoms with Gasteiger partial charge in [-0.2, -0.15) is 5.10 Å². The summed E-state index contributed by atoms with van der Waals surface area (Å²) in [5, 5.41) is 20.2. The molecular weight excluding hydrogens is 536 g/mol. The molecule has 0 unspecified atom stereocenters. The molecule has 0 fully saturated rings. The van der Waals surface area contributed by atoms with Crippen molar-refractivity contribution in [3.8, 4) is 11.5 Å². The van der Waals surface area contributed by atoms with E-state index in [1.54, 1.807) is 18.2 Å². The van der Waals surface area contributed by atoms with E-state index in [0.29, 0.717) is 54.2 Å². The van der Waals surface area contributed by atoms with Gasteiger partial charge in [-0.05, 0) is 31.2 Å². The van der Waals surface area contributed by atoms with Gasteiger partial charge in [0.1, 0.15) is 23.8 Å². The second kappa shape index (κ2) is 12.9. The van der Waals surface area contributed by atoms with E-state index in [0.717, 1.165) is 18.2 Å². The molecule has 11 nitrogen and oxygen atoms in total. The summed E-state index contributed by atoms with van der Waals surface area (Å²) >= 11 is 0. The third kappa shape index (κ3) is 7.44. The number of fused-ring (bicyclic) bond motifs is 1. The maximum absolute atomic E-state index is 14.3. The summed E-state index contributed by atoms with van der Waals surface area (Å²) in [5.41, 5.74) is 6.12. The number of nitrogens with zero attached hydrogens (tertiary/aromatic N) is 4. The number of benzene rings is 2. The number of nitrogens with one attached hydrogen (secondary N) is 2. The third-order valence-electron chi connectivity index (χ3n) is 6.22. The molecule has 41 heavy (non-hydrogen) atoms. The van der Waals surface area contributed by atoms with Crippen LogP contribution in [0.1, 0.15) is 26.0 Å². The van der Waals surface area contributed by atoms with Crippen LogP contribution in [0.5, 0.6) is 11.5 Å². The Morgan fingerprint density at radius 2 is 1.88 bits per heavy atom. The quantitative estimate of drug-likeness (QED) is 0.167. The van der Waals surface area contributed by atoms with Crippen molar-refractivity contribution in [3.63, 3.8) is 0 Å². The van der Waals surface area contributed by atoms with Gasteiger partial charge in [-0.15, -0.1) is 0 Å². The van der Waals surface area contributed by atoms with Crippen LogP contribution in [-0.2, 0) is 11.2 Å². The highest BCUT2D eigenvalue weighted by Gasteiger charge is 2.23. The minimum absolute atomic E-state index is 0.0922. The molecule has 2 heterocycles. The number of aliphatic hydroxyl groups excluding tert-OH is 1. The number of anilines is 3. The third-order valence-corrected chi connectivity index (χ3v) is 6.22. The van der Waals surface area contributed by atoms with Crippen LogP contribution in [-0.4, -0.2) is 64.6 Å².